The fourth-order valence-corrected chi connectivity index (χ4v) is 4.84. The van der Waals surface area contributed by atoms with Gasteiger partial charge in [-0.3, -0.25) is 19.5 Å². The number of anilines is 3. The van der Waals surface area contributed by atoms with Crippen LogP contribution in [0.5, 0.6) is 0 Å². The van der Waals surface area contributed by atoms with Gasteiger partial charge in [-0.15, -0.1) is 0 Å². The van der Waals surface area contributed by atoms with Gasteiger partial charge in [-0.1, -0.05) is 17.7 Å². The molecule has 0 unspecified atom stereocenters. The van der Waals surface area contributed by atoms with Gasteiger partial charge in [0.25, 0.3) is 0 Å². The summed E-state index contributed by atoms with van der Waals surface area (Å²) in [4.78, 5) is 39.7. The summed E-state index contributed by atoms with van der Waals surface area (Å²) in [6.07, 6.45) is 9.00. The van der Waals surface area contributed by atoms with E-state index in [1.165, 1.54) is 18.5 Å². The van der Waals surface area contributed by atoms with E-state index < -0.39 is 5.91 Å². The van der Waals surface area contributed by atoms with E-state index in [1.807, 2.05) is 30.3 Å². The summed E-state index contributed by atoms with van der Waals surface area (Å²) in [5, 5.41) is 10.3. The van der Waals surface area contributed by atoms with E-state index >= 15 is 0 Å². The Kier molecular flexibility index (Phi) is 10.1. The van der Waals surface area contributed by atoms with Crippen LogP contribution in [0.25, 0.3) is 10.9 Å². The highest BCUT2D eigenvalue weighted by Crippen LogP contribution is 2.29. The lowest BCUT2D eigenvalue weighted by molar-refractivity contribution is -0.117. The van der Waals surface area contributed by atoms with Gasteiger partial charge >= 0.3 is 0 Å². The Bertz CT molecular complexity index is 1560. The van der Waals surface area contributed by atoms with Gasteiger partial charge in [0, 0.05) is 66.0 Å². The highest BCUT2D eigenvalue weighted by atomic mass is 35.5. The van der Waals surface area contributed by atoms with Crippen LogP contribution in [0.2, 0.25) is 5.02 Å². The Balaban J connectivity index is 1.17. The number of aromatic nitrogens is 3. The van der Waals surface area contributed by atoms with E-state index in [0.717, 1.165) is 56.1 Å². The minimum Gasteiger partial charge on any atom is -0.379 e. The monoisotopic (exact) mass is 585 g/mol. The van der Waals surface area contributed by atoms with E-state index in [9.17, 15) is 9.59 Å². The average molecular weight is 586 g/mol. The molecule has 3 N–H and O–H groups in total. The van der Waals surface area contributed by atoms with Crippen molar-refractivity contribution in [1.82, 2.24) is 25.2 Å². The minimum absolute atomic E-state index is 0.309. The van der Waals surface area contributed by atoms with Crippen molar-refractivity contribution in [3.05, 3.63) is 95.6 Å². The second-order valence-corrected chi connectivity index (χ2v) is 10.2. The number of amides is 2. The number of morpholine rings is 1. The Morgan fingerprint density at radius 2 is 1.74 bits per heavy atom. The van der Waals surface area contributed by atoms with E-state index in [0.29, 0.717) is 40.4 Å². The van der Waals surface area contributed by atoms with Gasteiger partial charge in [0.05, 0.1) is 18.7 Å². The molecule has 2 aromatic heterocycles. The second-order valence-electron chi connectivity index (χ2n) is 9.84. The van der Waals surface area contributed by atoms with Crippen molar-refractivity contribution in [1.29, 1.82) is 0 Å². The van der Waals surface area contributed by atoms with Crippen molar-refractivity contribution in [2.45, 2.75) is 12.8 Å². The molecule has 0 saturated carbocycles. The van der Waals surface area contributed by atoms with Gasteiger partial charge in [-0.25, -0.2) is 9.97 Å². The third kappa shape index (κ3) is 8.32. The first-order valence-corrected chi connectivity index (χ1v) is 14.2. The maximum absolute atomic E-state index is 12.5. The molecule has 0 aliphatic carbocycles. The first-order chi connectivity index (χ1) is 20.5. The molecule has 4 aromatic rings. The van der Waals surface area contributed by atoms with E-state index in [1.54, 1.807) is 30.6 Å². The van der Waals surface area contributed by atoms with Gasteiger partial charge in [0.2, 0.25) is 11.8 Å². The Hall–Kier alpha value is -4.38. The zero-order valence-corrected chi connectivity index (χ0v) is 23.8. The van der Waals surface area contributed by atoms with Crippen LogP contribution in [0.3, 0.4) is 0 Å². The topological polar surface area (TPSA) is 121 Å². The quantitative estimate of drug-likeness (QED) is 0.175. The number of nitrogens with zero attached hydrogens (tertiary/aromatic N) is 4. The van der Waals surface area contributed by atoms with Gasteiger partial charge in [0.1, 0.15) is 12.1 Å². The lowest BCUT2D eigenvalue weighted by Crippen LogP contribution is -2.38. The molecule has 1 aliphatic rings. The smallest absolute Gasteiger partial charge is 0.248 e. The zero-order chi connectivity index (χ0) is 29.1. The SMILES string of the molecule is O=C(C=CC(=O)Nc1ccc2ncnc(Nc3ccc(Cc4ccncc4)c(Cl)c3)c2c1)NCCCN1CCOCC1. The molecule has 5 rings (SSSR count). The predicted octanol–water partition coefficient (Wildman–Crippen LogP) is 4.35. The molecule has 10 nitrogen and oxygen atoms in total. The first kappa shape index (κ1) is 29.1. The van der Waals surface area contributed by atoms with Crippen LogP contribution >= 0.6 is 11.6 Å². The predicted molar refractivity (Wildman–Crippen MR) is 164 cm³/mol. The Morgan fingerprint density at radius 1 is 0.952 bits per heavy atom. The third-order valence-electron chi connectivity index (χ3n) is 6.80. The number of benzene rings is 2. The van der Waals surface area contributed by atoms with Gasteiger partial charge in [-0.2, -0.15) is 0 Å². The number of carbonyl (C=O) groups is 2. The van der Waals surface area contributed by atoms with Crippen molar-refractivity contribution < 1.29 is 14.3 Å². The molecule has 42 heavy (non-hydrogen) atoms. The molecule has 1 aliphatic heterocycles. The Labute approximate surface area is 249 Å². The number of pyridine rings is 1. The number of nitrogens with one attached hydrogen (secondary N) is 3. The number of rotatable bonds is 11. The molecular weight excluding hydrogens is 554 g/mol. The molecule has 216 valence electrons. The summed E-state index contributed by atoms with van der Waals surface area (Å²) in [6, 6.07) is 15.0. The number of hydrogen-bond acceptors (Lipinski definition) is 8. The number of ether oxygens (including phenoxy) is 1. The molecule has 1 fully saturated rings. The van der Waals surface area contributed by atoms with Crippen molar-refractivity contribution in [3.8, 4) is 0 Å². The second kappa shape index (κ2) is 14.5. The minimum atomic E-state index is -0.416. The van der Waals surface area contributed by atoms with Crippen LogP contribution < -0.4 is 16.0 Å². The third-order valence-corrected chi connectivity index (χ3v) is 7.15. The molecule has 3 heterocycles. The largest absolute Gasteiger partial charge is 0.379 e. The molecule has 2 aromatic carbocycles. The van der Waals surface area contributed by atoms with Gasteiger partial charge in [0.15, 0.2) is 0 Å². The number of halogens is 1. The molecule has 0 radical (unpaired) electrons. The van der Waals surface area contributed by atoms with E-state index in [4.69, 9.17) is 16.3 Å². The molecule has 0 bridgehead atoms. The lowest BCUT2D eigenvalue weighted by Gasteiger charge is -2.26. The lowest BCUT2D eigenvalue weighted by atomic mass is 10.1. The highest BCUT2D eigenvalue weighted by Gasteiger charge is 2.11. The van der Waals surface area contributed by atoms with Crippen LogP contribution in [0, 0.1) is 0 Å². The van der Waals surface area contributed by atoms with Crippen molar-refractivity contribution in [3.63, 3.8) is 0 Å². The molecule has 11 heteroatoms. The summed E-state index contributed by atoms with van der Waals surface area (Å²) in [6.45, 7) is 4.79. The average Bonchev–Trinajstić information content (AvgIpc) is 3.01. The van der Waals surface area contributed by atoms with Crippen LogP contribution in [0.15, 0.2) is 79.4 Å². The van der Waals surface area contributed by atoms with Crippen molar-refractivity contribution >= 4 is 51.5 Å². The molecule has 1 saturated heterocycles. The molecule has 0 atom stereocenters. The van der Waals surface area contributed by atoms with Crippen LogP contribution in [-0.4, -0.2) is 71.1 Å². The highest BCUT2D eigenvalue weighted by molar-refractivity contribution is 6.31. The summed E-state index contributed by atoms with van der Waals surface area (Å²) in [5.41, 5.74) is 4.15. The number of fused-ring (bicyclic) bond motifs is 1. The Morgan fingerprint density at radius 3 is 2.55 bits per heavy atom. The summed E-state index contributed by atoms with van der Waals surface area (Å²) in [7, 11) is 0. The molecule has 0 spiro atoms. The fourth-order valence-electron chi connectivity index (χ4n) is 4.59. The van der Waals surface area contributed by atoms with Gasteiger partial charge in [-0.05, 0) is 73.0 Å². The first-order valence-electron chi connectivity index (χ1n) is 13.8. The zero-order valence-electron chi connectivity index (χ0n) is 23.1. The molecule has 2 amide bonds. The summed E-state index contributed by atoms with van der Waals surface area (Å²) < 4.78 is 5.34. The number of hydrogen-bond donors (Lipinski definition) is 3. The number of carbonyl (C=O) groups excluding carboxylic acids is 2. The summed E-state index contributed by atoms with van der Waals surface area (Å²) >= 11 is 6.59. The standard InChI is InChI=1S/C31H32ClN7O3/c32-27-20-25(3-2-23(27)18-22-8-11-33-12-9-22)38-31-26-19-24(4-5-28(26)35-21-36-31)37-30(41)7-6-29(40)34-10-1-13-39-14-16-42-17-15-39/h2-9,11-12,19-21H,1,10,13-18H2,(H,34,40)(H,37,41)(H,35,36,38). The van der Waals surface area contributed by atoms with Crippen molar-refractivity contribution in [2.75, 3.05) is 50.0 Å². The van der Waals surface area contributed by atoms with E-state index in [2.05, 4.69) is 35.8 Å². The molecular formula is C31H32ClN7O3. The van der Waals surface area contributed by atoms with Crippen LogP contribution in [0.1, 0.15) is 17.5 Å². The summed E-state index contributed by atoms with van der Waals surface area (Å²) in [5.74, 6) is -0.155. The van der Waals surface area contributed by atoms with Crippen LogP contribution in [-0.2, 0) is 20.7 Å². The van der Waals surface area contributed by atoms with Crippen LogP contribution in [0.4, 0.5) is 17.2 Å². The maximum Gasteiger partial charge on any atom is 0.248 e. The fraction of sp³-hybridized carbons (Fsp3) is 0.258. The van der Waals surface area contributed by atoms with Gasteiger partial charge < -0.3 is 20.7 Å². The van der Waals surface area contributed by atoms with Crippen molar-refractivity contribution in [2.24, 2.45) is 0 Å². The maximum atomic E-state index is 12.5. The van der Waals surface area contributed by atoms with E-state index in [-0.39, 0.29) is 5.91 Å². The normalized spacial score (nSPS) is 13.7.